The quantitative estimate of drug-likeness (QED) is 0.862. The van der Waals surface area contributed by atoms with Crippen molar-refractivity contribution in [1.82, 2.24) is 4.90 Å². The van der Waals surface area contributed by atoms with E-state index in [-0.39, 0.29) is 5.91 Å². The van der Waals surface area contributed by atoms with E-state index < -0.39 is 0 Å². The van der Waals surface area contributed by atoms with Gasteiger partial charge in [0.1, 0.15) is 0 Å². The molecule has 1 aliphatic heterocycles. The highest BCUT2D eigenvalue weighted by Gasteiger charge is 2.21. The van der Waals surface area contributed by atoms with Crippen molar-refractivity contribution in [1.29, 1.82) is 0 Å². The molecule has 2 N–H and O–H groups in total. The molecule has 0 aliphatic carbocycles. The maximum Gasteiger partial charge on any atom is 0.253 e. The Morgan fingerprint density at radius 3 is 2.62 bits per heavy atom. The summed E-state index contributed by atoms with van der Waals surface area (Å²) >= 11 is 0. The first-order valence-electron chi connectivity index (χ1n) is 7.50. The molecule has 0 bridgehead atoms. The van der Waals surface area contributed by atoms with E-state index in [0.29, 0.717) is 11.7 Å². The SMILES string of the molecule is CCOC1CCN(c2cc(C(=O)N(C)C)ccc2N)CC1. The lowest BCUT2D eigenvalue weighted by atomic mass is 10.0. The summed E-state index contributed by atoms with van der Waals surface area (Å²) in [6.07, 6.45) is 2.34. The van der Waals surface area contributed by atoms with Gasteiger partial charge in [0.25, 0.3) is 5.91 Å². The van der Waals surface area contributed by atoms with E-state index in [1.165, 1.54) is 0 Å². The first-order chi connectivity index (χ1) is 10.0. The van der Waals surface area contributed by atoms with Gasteiger partial charge in [-0.2, -0.15) is 0 Å². The lowest BCUT2D eigenvalue weighted by Crippen LogP contribution is -2.37. The molecule has 5 nitrogen and oxygen atoms in total. The number of benzene rings is 1. The van der Waals surface area contributed by atoms with E-state index in [2.05, 4.69) is 4.90 Å². The fourth-order valence-corrected chi connectivity index (χ4v) is 2.71. The highest BCUT2D eigenvalue weighted by atomic mass is 16.5. The van der Waals surface area contributed by atoms with Gasteiger partial charge in [0.15, 0.2) is 0 Å². The fourth-order valence-electron chi connectivity index (χ4n) is 2.71. The highest BCUT2D eigenvalue weighted by molar-refractivity contribution is 5.96. The van der Waals surface area contributed by atoms with Gasteiger partial charge in [0, 0.05) is 39.4 Å². The molecule has 21 heavy (non-hydrogen) atoms. The molecule has 0 radical (unpaired) electrons. The van der Waals surface area contributed by atoms with E-state index in [9.17, 15) is 4.79 Å². The van der Waals surface area contributed by atoms with Gasteiger partial charge in [-0.05, 0) is 38.0 Å². The molecule has 1 aliphatic rings. The molecular weight excluding hydrogens is 266 g/mol. The van der Waals surface area contributed by atoms with Crippen LogP contribution in [0.2, 0.25) is 0 Å². The molecule has 1 heterocycles. The first kappa shape index (κ1) is 15.6. The van der Waals surface area contributed by atoms with Gasteiger partial charge in [0.05, 0.1) is 17.5 Å². The van der Waals surface area contributed by atoms with Crippen LogP contribution in [0.3, 0.4) is 0 Å². The number of piperidine rings is 1. The molecule has 1 saturated heterocycles. The van der Waals surface area contributed by atoms with Gasteiger partial charge in [-0.25, -0.2) is 0 Å². The third-order valence-electron chi connectivity index (χ3n) is 3.87. The number of hydrogen-bond donors (Lipinski definition) is 1. The molecule has 116 valence electrons. The Bertz CT molecular complexity index is 494. The van der Waals surface area contributed by atoms with Crippen molar-refractivity contribution in [2.45, 2.75) is 25.9 Å². The number of nitrogens with zero attached hydrogens (tertiary/aromatic N) is 2. The summed E-state index contributed by atoms with van der Waals surface area (Å²) in [4.78, 5) is 15.9. The van der Waals surface area contributed by atoms with Crippen molar-refractivity contribution in [2.75, 3.05) is 44.4 Å². The second-order valence-corrected chi connectivity index (χ2v) is 5.61. The molecular formula is C16H25N3O2. The molecule has 1 amide bonds. The van der Waals surface area contributed by atoms with Gasteiger partial charge in [-0.15, -0.1) is 0 Å². The Morgan fingerprint density at radius 1 is 1.38 bits per heavy atom. The summed E-state index contributed by atoms with van der Waals surface area (Å²) in [6.45, 7) is 4.61. The van der Waals surface area contributed by atoms with Crippen molar-refractivity contribution in [3.8, 4) is 0 Å². The Balaban J connectivity index is 2.13. The molecule has 1 aromatic carbocycles. The molecule has 2 rings (SSSR count). The molecule has 1 aromatic rings. The topological polar surface area (TPSA) is 58.8 Å². The van der Waals surface area contributed by atoms with Gasteiger partial charge in [0.2, 0.25) is 0 Å². The van der Waals surface area contributed by atoms with Crippen LogP contribution < -0.4 is 10.6 Å². The zero-order chi connectivity index (χ0) is 15.4. The third-order valence-corrected chi connectivity index (χ3v) is 3.87. The molecule has 1 fully saturated rings. The van der Waals surface area contributed by atoms with Crippen molar-refractivity contribution in [3.05, 3.63) is 23.8 Å². The summed E-state index contributed by atoms with van der Waals surface area (Å²) in [6, 6.07) is 5.51. The van der Waals surface area contributed by atoms with Crippen molar-refractivity contribution >= 4 is 17.3 Å². The van der Waals surface area contributed by atoms with Crippen LogP contribution in [-0.2, 0) is 4.74 Å². The lowest BCUT2D eigenvalue weighted by molar-refractivity contribution is 0.0459. The van der Waals surface area contributed by atoms with E-state index in [1.807, 2.05) is 19.1 Å². The van der Waals surface area contributed by atoms with Crippen LogP contribution in [0.1, 0.15) is 30.1 Å². The van der Waals surface area contributed by atoms with E-state index in [1.54, 1.807) is 25.1 Å². The number of hydrogen-bond acceptors (Lipinski definition) is 4. The first-order valence-corrected chi connectivity index (χ1v) is 7.50. The van der Waals surface area contributed by atoms with E-state index in [4.69, 9.17) is 10.5 Å². The smallest absolute Gasteiger partial charge is 0.253 e. The molecule has 0 saturated carbocycles. The van der Waals surface area contributed by atoms with E-state index in [0.717, 1.165) is 43.9 Å². The fraction of sp³-hybridized carbons (Fsp3) is 0.562. The zero-order valence-electron chi connectivity index (χ0n) is 13.1. The minimum absolute atomic E-state index is 0.000419. The number of rotatable bonds is 4. The maximum absolute atomic E-state index is 12.1. The largest absolute Gasteiger partial charge is 0.397 e. The minimum atomic E-state index is 0.000419. The van der Waals surface area contributed by atoms with Crippen LogP contribution in [0, 0.1) is 0 Å². The summed E-state index contributed by atoms with van der Waals surface area (Å²) in [7, 11) is 3.51. The van der Waals surface area contributed by atoms with Gasteiger partial charge in [-0.3, -0.25) is 4.79 Å². The second-order valence-electron chi connectivity index (χ2n) is 5.61. The van der Waals surface area contributed by atoms with E-state index >= 15 is 0 Å². The average Bonchev–Trinajstić information content (AvgIpc) is 2.48. The molecule has 0 unspecified atom stereocenters. The summed E-state index contributed by atoms with van der Waals surface area (Å²) in [5.41, 5.74) is 8.45. The number of amides is 1. The van der Waals surface area contributed by atoms with Gasteiger partial charge in [-0.1, -0.05) is 0 Å². The molecule has 0 atom stereocenters. The summed E-state index contributed by atoms with van der Waals surface area (Å²) < 4.78 is 5.67. The predicted molar refractivity (Wildman–Crippen MR) is 85.7 cm³/mol. The maximum atomic E-state index is 12.1. The van der Waals surface area contributed by atoms with Crippen LogP contribution in [0.15, 0.2) is 18.2 Å². The number of nitrogens with two attached hydrogens (primary N) is 1. The van der Waals surface area contributed by atoms with Crippen LogP contribution in [-0.4, -0.2) is 50.7 Å². The number of anilines is 2. The number of carbonyl (C=O) groups excluding carboxylic acids is 1. The van der Waals surface area contributed by atoms with Crippen LogP contribution in [0.4, 0.5) is 11.4 Å². The Kier molecular flexibility index (Phi) is 5.07. The standard InChI is InChI=1S/C16H25N3O2/c1-4-21-13-7-9-19(10-8-13)15-11-12(5-6-14(15)17)16(20)18(2)3/h5-6,11,13H,4,7-10,17H2,1-3H3. The van der Waals surface area contributed by atoms with Crippen molar-refractivity contribution < 1.29 is 9.53 Å². The molecule has 0 aromatic heterocycles. The molecule has 5 heteroatoms. The highest BCUT2D eigenvalue weighted by Crippen LogP contribution is 2.28. The van der Waals surface area contributed by atoms with Gasteiger partial charge < -0.3 is 20.3 Å². The molecule has 0 spiro atoms. The monoisotopic (exact) mass is 291 g/mol. The predicted octanol–water partition coefficient (Wildman–Crippen LogP) is 1.98. The minimum Gasteiger partial charge on any atom is -0.397 e. The van der Waals surface area contributed by atoms with Crippen molar-refractivity contribution in [3.63, 3.8) is 0 Å². The normalized spacial score (nSPS) is 16.0. The zero-order valence-corrected chi connectivity index (χ0v) is 13.1. The number of nitrogen functional groups attached to an aromatic ring is 1. The summed E-state index contributed by atoms with van der Waals surface area (Å²) in [5.74, 6) is 0.000419. The van der Waals surface area contributed by atoms with Crippen LogP contribution in [0.5, 0.6) is 0 Å². The number of ether oxygens (including phenoxy) is 1. The van der Waals surface area contributed by atoms with Crippen LogP contribution in [0.25, 0.3) is 0 Å². The average molecular weight is 291 g/mol. The Labute approximate surface area is 126 Å². The second kappa shape index (κ2) is 6.80. The third kappa shape index (κ3) is 3.67. The van der Waals surface area contributed by atoms with Crippen molar-refractivity contribution in [2.24, 2.45) is 0 Å². The Morgan fingerprint density at radius 2 is 2.05 bits per heavy atom. The Hall–Kier alpha value is -1.75. The van der Waals surface area contributed by atoms with Gasteiger partial charge >= 0.3 is 0 Å². The lowest BCUT2D eigenvalue weighted by Gasteiger charge is -2.34. The number of carbonyl (C=O) groups is 1. The van der Waals surface area contributed by atoms with Crippen LogP contribution >= 0.6 is 0 Å². The summed E-state index contributed by atoms with van der Waals surface area (Å²) in [5, 5.41) is 0.